The minimum absolute atomic E-state index is 0.00603. The summed E-state index contributed by atoms with van der Waals surface area (Å²) in [6.07, 6.45) is 0.208. The van der Waals surface area contributed by atoms with Crippen molar-refractivity contribution in [3.8, 4) is 5.06 Å². The molecule has 2 aliphatic carbocycles. The maximum Gasteiger partial charge on any atom is 0.435 e. The predicted octanol–water partition coefficient (Wildman–Crippen LogP) is 4.37. The summed E-state index contributed by atoms with van der Waals surface area (Å²) in [5.74, 6) is 0.236. The van der Waals surface area contributed by atoms with E-state index in [-0.39, 0.29) is 29.5 Å². The monoisotopic (exact) mass is 541 g/mol. The molecule has 36 heavy (non-hydrogen) atoms. The third-order valence-corrected chi connectivity index (χ3v) is 7.81. The van der Waals surface area contributed by atoms with Gasteiger partial charge in [0.1, 0.15) is 10.8 Å². The van der Waals surface area contributed by atoms with Gasteiger partial charge in [-0.3, -0.25) is 14.3 Å². The van der Waals surface area contributed by atoms with Crippen LogP contribution in [0.4, 0.5) is 24.0 Å². The van der Waals surface area contributed by atoms with Crippen molar-refractivity contribution in [1.29, 1.82) is 0 Å². The Labute approximate surface area is 214 Å². The molecule has 8 nitrogen and oxygen atoms in total. The molecule has 1 unspecified atom stereocenters. The van der Waals surface area contributed by atoms with E-state index in [0.717, 1.165) is 42.0 Å². The molecular weight excluding hydrogens is 515 g/mol. The fourth-order valence-corrected chi connectivity index (χ4v) is 5.56. The molecule has 2 aromatic heterocycles. The molecule has 2 saturated carbocycles. The second-order valence-electron chi connectivity index (χ2n) is 9.66. The van der Waals surface area contributed by atoms with Crippen LogP contribution in [0.1, 0.15) is 53.7 Å². The van der Waals surface area contributed by atoms with Gasteiger partial charge in [-0.2, -0.15) is 18.3 Å². The van der Waals surface area contributed by atoms with Crippen molar-refractivity contribution in [2.75, 3.05) is 23.8 Å². The fraction of sp³-hybridized carbons (Fsp3) is 0.565. The summed E-state index contributed by atoms with van der Waals surface area (Å²) in [6, 6.07) is 0.914. The summed E-state index contributed by atoms with van der Waals surface area (Å²) in [4.78, 5) is 25.9. The Morgan fingerprint density at radius 3 is 2.61 bits per heavy atom. The first-order valence-corrected chi connectivity index (χ1v) is 13.1. The van der Waals surface area contributed by atoms with E-state index in [4.69, 9.17) is 17.0 Å². The lowest BCUT2D eigenvalue weighted by atomic mass is 9.93. The van der Waals surface area contributed by atoms with Crippen molar-refractivity contribution in [3.05, 3.63) is 22.9 Å². The molecule has 0 aromatic carbocycles. The summed E-state index contributed by atoms with van der Waals surface area (Å²) in [5, 5.41) is 13.3. The number of carbonyl (C=O) groups excluding carboxylic acids is 2. The van der Waals surface area contributed by atoms with Gasteiger partial charge in [0.2, 0.25) is 5.91 Å². The van der Waals surface area contributed by atoms with Crippen molar-refractivity contribution in [2.24, 2.45) is 24.8 Å². The highest BCUT2D eigenvalue weighted by Gasteiger charge is 2.36. The standard InChI is InChI=1S/C23H26F3N5O3S2/c1-31-16(8-15(30-31)23(24,25)26)28-17(35)7-12-6-14-18(20(33)27-9-11-2-3-11)21(36-22(14)34-10-12)29-19(32)13-4-5-13/h8,11-13H,2-7,9-10H2,1H3,(H,27,33)(H,28,35)(H,29,32). The van der Waals surface area contributed by atoms with Gasteiger partial charge in [0.15, 0.2) is 10.8 Å². The quantitative estimate of drug-likeness (QED) is 0.430. The van der Waals surface area contributed by atoms with Gasteiger partial charge in [0.05, 0.1) is 17.2 Å². The number of thiophene rings is 1. The van der Waals surface area contributed by atoms with Crippen molar-refractivity contribution in [3.63, 3.8) is 0 Å². The van der Waals surface area contributed by atoms with Crippen molar-refractivity contribution in [2.45, 2.75) is 44.7 Å². The average Bonchev–Trinajstić information content (AvgIpc) is 3.72. The van der Waals surface area contributed by atoms with Crippen LogP contribution in [-0.2, 0) is 24.4 Å². The minimum Gasteiger partial charge on any atom is -0.483 e. The smallest absolute Gasteiger partial charge is 0.435 e. The predicted molar refractivity (Wildman–Crippen MR) is 132 cm³/mol. The first-order chi connectivity index (χ1) is 17.1. The summed E-state index contributed by atoms with van der Waals surface area (Å²) in [6.45, 7) is 0.941. The molecule has 0 bridgehead atoms. The number of amides is 2. The maximum atomic E-state index is 13.1. The van der Waals surface area contributed by atoms with Crippen LogP contribution in [0, 0.1) is 17.8 Å². The molecule has 2 fully saturated rings. The number of ether oxygens (including phenoxy) is 1. The molecule has 2 amide bonds. The maximum absolute atomic E-state index is 13.1. The Hall–Kier alpha value is -2.67. The number of fused-ring (bicyclic) bond motifs is 1. The van der Waals surface area contributed by atoms with Crippen LogP contribution >= 0.6 is 23.6 Å². The molecule has 1 aliphatic heterocycles. The average molecular weight is 542 g/mol. The van der Waals surface area contributed by atoms with Gasteiger partial charge in [-0.05, 0) is 38.0 Å². The lowest BCUT2D eigenvalue weighted by molar-refractivity contribution is -0.141. The van der Waals surface area contributed by atoms with Crippen molar-refractivity contribution in [1.82, 2.24) is 15.1 Å². The van der Waals surface area contributed by atoms with Crippen LogP contribution in [0.2, 0.25) is 0 Å². The Morgan fingerprint density at radius 2 is 1.97 bits per heavy atom. The first kappa shape index (κ1) is 25.0. The molecule has 0 radical (unpaired) electrons. The van der Waals surface area contributed by atoms with E-state index in [2.05, 4.69) is 21.0 Å². The molecule has 194 valence electrons. The zero-order valence-electron chi connectivity index (χ0n) is 19.5. The number of carbonyl (C=O) groups is 2. The topological polar surface area (TPSA) is 97.3 Å². The number of aromatic nitrogens is 2. The third kappa shape index (κ3) is 5.66. The van der Waals surface area contributed by atoms with Gasteiger partial charge in [-0.15, -0.1) is 0 Å². The number of alkyl halides is 3. The number of anilines is 2. The number of nitrogens with one attached hydrogen (secondary N) is 3. The van der Waals surface area contributed by atoms with E-state index in [1.807, 2.05) is 0 Å². The number of halogens is 3. The van der Waals surface area contributed by atoms with Crippen LogP contribution in [0.3, 0.4) is 0 Å². The van der Waals surface area contributed by atoms with Gasteiger partial charge in [-0.25, -0.2) is 0 Å². The van der Waals surface area contributed by atoms with E-state index in [1.165, 1.54) is 18.4 Å². The first-order valence-electron chi connectivity index (χ1n) is 11.9. The highest BCUT2D eigenvalue weighted by atomic mass is 32.1. The highest BCUT2D eigenvalue weighted by Crippen LogP contribution is 2.45. The Kier molecular flexibility index (Phi) is 6.70. The molecule has 5 rings (SSSR count). The van der Waals surface area contributed by atoms with Crippen LogP contribution in [0.15, 0.2) is 6.07 Å². The van der Waals surface area contributed by atoms with Crippen molar-refractivity contribution >= 4 is 51.2 Å². The third-order valence-electron chi connectivity index (χ3n) is 6.48. The van der Waals surface area contributed by atoms with Crippen LogP contribution in [-0.4, -0.2) is 39.7 Å². The molecule has 13 heteroatoms. The van der Waals surface area contributed by atoms with Crippen LogP contribution < -0.4 is 20.7 Å². The Bertz CT molecular complexity index is 1200. The van der Waals surface area contributed by atoms with E-state index < -0.39 is 11.9 Å². The van der Waals surface area contributed by atoms with Gasteiger partial charge in [0.25, 0.3) is 5.91 Å². The largest absolute Gasteiger partial charge is 0.483 e. The Balaban J connectivity index is 1.29. The zero-order valence-corrected chi connectivity index (χ0v) is 21.2. The second-order valence-corrected chi connectivity index (χ2v) is 11.1. The summed E-state index contributed by atoms with van der Waals surface area (Å²) in [7, 11) is 1.41. The number of thiocarbonyl (C=S) groups is 1. The molecule has 0 saturated heterocycles. The molecule has 2 aromatic rings. The fourth-order valence-electron chi connectivity index (χ4n) is 4.13. The molecule has 3 aliphatic rings. The van der Waals surface area contributed by atoms with Gasteiger partial charge in [0, 0.05) is 43.5 Å². The van der Waals surface area contributed by atoms with E-state index in [0.29, 0.717) is 52.5 Å². The number of hydrogen-bond donors (Lipinski definition) is 3. The van der Waals surface area contributed by atoms with Crippen LogP contribution in [0.5, 0.6) is 5.06 Å². The van der Waals surface area contributed by atoms with Crippen molar-refractivity contribution < 1.29 is 27.5 Å². The normalized spacial score (nSPS) is 19.3. The highest BCUT2D eigenvalue weighted by molar-refractivity contribution is 7.80. The summed E-state index contributed by atoms with van der Waals surface area (Å²) >= 11 is 6.68. The van der Waals surface area contributed by atoms with E-state index in [1.54, 1.807) is 0 Å². The lowest BCUT2D eigenvalue weighted by Gasteiger charge is -2.24. The van der Waals surface area contributed by atoms with E-state index in [9.17, 15) is 22.8 Å². The van der Waals surface area contributed by atoms with E-state index >= 15 is 0 Å². The minimum atomic E-state index is -4.55. The molecular formula is C23H26F3N5O3S2. The van der Waals surface area contributed by atoms with Crippen LogP contribution in [0.25, 0.3) is 0 Å². The number of aryl methyl sites for hydroxylation is 1. The number of rotatable bonds is 8. The zero-order chi connectivity index (χ0) is 25.6. The number of nitrogens with zero attached hydrogens (tertiary/aromatic N) is 2. The lowest BCUT2D eigenvalue weighted by Crippen LogP contribution is -2.30. The Morgan fingerprint density at radius 1 is 1.22 bits per heavy atom. The summed E-state index contributed by atoms with van der Waals surface area (Å²) < 4.78 is 45.9. The van der Waals surface area contributed by atoms with Gasteiger partial charge < -0.3 is 20.7 Å². The molecule has 3 N–H and O–H groups in total. The van der Waals surface area contributed by atoms with Gasteiger partial charge >= 0.3 is 6.18 Å². The summed E-state index contributed by atoms with van der Waals surface area (Å²) in [5.41, 5.74) is 0.176. The molecule has 3 heterocycles. The van der Waals surface area contributed by atoms with Gasteiger partial charge in [-0.1, -0.05) is 23.6 Å². The second kappa shape index (κ2) is 9.66. The SMILES string of the molecule is Cn1nc(C(F)(F)F)cc1NC(=S)CC1COc2sc(NC(=O)C3CC3)c(C(=O)NCC3CC3)c2C1. The number of hydrogen-bond acceptors (Lipinski definition) is 6. The molecule has 1 atom stereocenters. The molecule has 0 spiro atoms.